The molecule has 0 aliphatic carbocycles. The molecule has 0 aromatic carbocycles. The van der Waals surface area contributed by atoms with Gasteiger partial charge in [0, 0.05) is 6.67 Å². The zero-order valence-electron chi connectivity index (χ0n) is 4.86. The smallest absolute Gasteiger partial charge is 0.0527 e. The summed E-state index contributed by atoms with van der Waals surface area (Å²) in [5, 5.41) is 5.87. The van der Waals surface area contributed by atoms with Crippen LogP contribution in [0.1, 0.15) is 6.92 Å². The summed E-state index contributed by atoms with van der Waals surface area (Å²) >= 11 is 0. The van der Waals surface area contributed by atoms with Crippen LogP contribution in [0.4, 0.5) is 0 Å². The first kappa shape index (κ1) is 6.88. The van der Waals surface area contributed by atoms with Crippen molar-refractivity contribution in [3.63, 3.8) is 0 Å². The fourth-order valence-corrected chi connectivity index (χ4v) is 0.263. The minimum atomic E-state index is 0.0902. The third kappa shape index (κ3) is 5.88. The number of rotatable bonds is 3. The maximum atomic E-state index is 5.33. The molecule has 0 fully saturated rings. The molecule has 0 amide bonds. The Hall–Kier alpha value is -0.120. The number of hydrogen-bond donors (Lipinski definition) is 3. The third-order valence-electron chi connectivity index (χ3n) is 0.601. The van der Waals surface area contributed by atoms with Gasteiger partial charge in [-0.15, -0.1) is 0 Å². The molecule has 0 spiro atoms. The molecule has 0 aliphatic heterocycles. The van der Waals surface area contributed by atoms with Gasteiger partial charge in [-0.2, -0.15) is 0 Å². The normalized spacial score (nSPS) is 14.1. The van der Waals surface area contributed by atoms with Gasteiger partial charge in [-0.1, -0.05) is 0 Å². The molecule has 0 aromatic heterocycles. The molecular weight excluding hydrogens is 90.1 g/mol. The summed E-state index contributed by atoms with van der Waals surface area (Å²) in [4.78, 5) is 0. The van der Waals surface area contributed by atoms with Crippen molar-refractivity contribution in [1.29, 1.82) is 0 Å². The first-order chi connectivity index (χ1) is 3.27. The van der Waals surface area contributed by atoms with E-state index < -0.39 is 0 Å². The Kier molecular flexibility index (Phi) is 3.98. The van der Waals surface area contributed by atoms with Gasteiger partial charge in [0.1, 0.15) is 0 Å². The maximum absolute atomic E-state index is 5.33. The molecule has 4 N–H and O–H groups in total. The second kappa shape index (κ2) is 4.05. The molecule has 0 rings (SSSR count). The fraction of sp³-hybridized carbons (Fsp3) is 1.00. The summed E-state index contributed by atoms with van der Waals surface area (Å²) in [6, 6.07) is 0. The Morgan fingerprint density at radius 1 is 1.71 bits per heavy atom. The molecule has 3 nitrogen and oxygen atoms in total. The summed E-state index contributed by atoms with van der Waals surface area (Å²) in [5.41, 5.74) is 5.33. The van der Waals surface area contributed by atoms with Gasteiger partial charge in [0.25, 0.3) is 0 Å². The summed E-state index contributed by atoms with van der Waals surface area (Å²) in [7, 11) is 1.87. The average Bonchev–Trinajstić information content (AvgIpc) is 1.61. The molecule has 0 bridgehead atoms. The Morgan fingerprint density at radius 3 is 2.43 bits per heavy atom. The van der Waals surface area contributed by atoms with Crippen LogP contribution in [0.15, 0.2) is 0 Å². The lowest BCUT2D eigenvalue weighted by Crippen LogP contribution is -2.39. The van der Waals surface area contributed by atoms with E-state index in [1.54, 1.807) is 0 Å². The lowest BCUT2D eigenvalue weighted by molar-refractivity contribution is 0.539. The van der Waals surface area contributed by atoms with Crippen molar-refractivity contribution in [2.75, 3.05) is 13.7 Å². The largest absolute Gasteiger partial charge is 0.316 e. The van der Waals surface area contributed by atoms with E-state index in [0.29, 0.717) is 0 Å². The zero-order valence-corrected chi connectivity index (χ0v) is 4.86. The molecule has 1 atom stereocenters. The topological polar surface area (TPSA) is 50.1 Å². The monoisotopic (exact) mass is 103 g/mol. The SMILES string of the molecule is CNCNC(C)N. The van der Waals surface area contributed by atoms with Gasteiger partial charge in [-0.25, -0.2) is 0 Å². The quantitative estimate of drug-likeness (QED) is 0.404. The van der Waals surface area contributed by atoms with Gasteiger partial charge < -0.3 is 11.1 Å². The zero-order chi connectivity index (χ0) is 5.70. The first-order valence-corrected chi connectivity index (χ1v) is 2.41. The van der Waals surface area contributed by atoms with Gasteiger partial charge >= 0.3 is 0 Å². The van der Waals surface area contributed by atoms with Crippen LogP contribution in [0.5, 0.6) is 0 Å². The fourth-order valence-electron chi connectivity index (χ4n) is 0.263. The van der Waals surface area contributed by atoms with E-state index in [9.17, 15) is 0 Å². The van der Waals surface area contributed by atoms with E-state index >= 15 is 0 Å². The predicted octanol–water partition coefficient (Wildman–Crippen LogP) is -0.942. The highest BCUT2D eigenvalue weighted by molar-refractivity contribution is 4.45. The van der Waals surface area contributed by atoms with Crippen molar-refractivity contribution in [3.8, 4) is 0 Å². The molecule has 0 radical (unpaired) electrons. The highest BCUT2D eigenvalue weighted by Crippen LogP contribution is 1.58. The van der Waals surface area contributed by atoms with Crippen LogP contribution in [-0.4, -0.2) is 19.9 Å². The molecule has 3 heteroatoms. The highest BCUT2D eigenvalue weighted by atomic mass is 15.1. The van der Waals surface area contributed by atoms with E-state index in [1.165, 1.54) is 0 Å². The predicted molar refractivity (Wildman–Crippen MR) is 30.7 cm³/mol. The Balaban J connectivity index is 2.68. The van der Waals surface area contributed by atoms with Gasteiger partial charge in [-0.3, -0.25) is 5.32 Å². The van der Waals surface area contributed by atoms with E-state index in [1.807, 2.05) is 14.0 Å². The molecular formula is C4H13N3. The van der Waals surface area contributed by atoms with Crippen molar-refractivity contribution < 1.29 is 0 Å². The molecule has 0 saturated heterocycles. The van der Waals surface area contributed by atoms with Crippen LogP contribution in [0.2, 0.25) is 0 Å². The molecule has 0 heterocycles. The molecule has 0 aliphatic rings. The summed E-state index contributed by atoms with van der Waals surface area (Å²) in [5.74, 6) is 0. The average molecular weight is 103 g/mol. The lowest BCUT2D eigenvalue weighted by atomic mass is 10.6. The van der Waals surface area contributed by atoms with Crippen molar-refractivity contribution in [1.82, 2.24) is 10.6 Å². The van der Waals surface area contributed by atoms with Crippen molar-refractivity contribution in [3.05, 3.63) is 0 Å². The first-order valence-electron chi connectivity index (χ1n) is 2.41. The molecule has 1 unspecified atom stereocenters. The molecule has 0 saturated carbocycles. The van der Waals surface area contributed by atoms with Crippen molar-refractivity contribution in [2.45, 2.75) is 13.1 Å². The van der Waals surface area contributed by atoms with Crippen molar-refractivity contribution in [2.24, 2.45) is 5.73 Å². The number of nitrogens with one attached hydrogen (secondary N) is 2. The lowest BCUT2D eigenvalue weighted by Gasteiger charge is -2.04. The van der Waals surface area contributed by atoms with E-state index in [-0.39, 0.29) is 6.17 Å². The van der Waals surface area contributed by atoms with Crippen LogP contribution in [0, 0.1) is 0 Å². The summed E-state index contributed by atoms with van der Waals surface area (Å²) < 4.78 is 0. The van der Waals surface area contributed by atoms with Gasteiger partial charge in [0.15, 0.2) is 0 Å². The van der Waals surface area contributed by atoms with Crippen LogP contribution < -0.4 is 16.4 Å². The van der Waals surface area contributed by atoms with Crippen LogP contribution in [0.3, 0.4) is 0 Å². The maximum Gasteiger partial charge on any atom is 0.0527 e. The van der Waals surface area contributed by atoms with E-state index in [2.05, 4.69) is 10.6 Å². The molecule has 7 heavy (non-hydrogen) atoms. The van der Waals surface area contributed by atoms with E-state index in [4.69, 9.17) is 5.73 Å². The van der Waals surface area contributed by atoms with Gasteiger partial charge in [0.2, 0.25) is 0 Å². The second-order valence-electron chi connectivity index (χ2n) is 1.52. The standard InChI is InChI=1S/C4H13N3/c1-4(5)7-3-6-2/h4,6-7H,3,5H2,1-2H3. The van der Waals surface area contributed by atoms with E-state index in [0.717, 1.165) is 6.67 Å². The third-order valence-corrected chi connectivity index (χ3v) is 0.601. The van der Waals surface area contributed by atoms with Gasteiger partial charge in [-0.05, 0) is 14.0 Å². The minimum Gasteiger partial charge on any atom is -0.316 e. The summed E-state index contributed by atoms with van der Waals surface area (Å²) in [6.45, 7) is 2.68. The Morgan fingerprint density at radius 2 is 2.29 bits per heavy atom. The van der Waals surface area contributed by atoms with Crippen LogP contribution >= 0.6 is 0 Å². The Labute approximate surface area is 44.3 Å². The number of nitrogens with two attached hydrogens (primary N) is 1. The minimum absolute atomic E-state index is 0.0902. The Bertz CT molecular complexity index is 35.9. The molecule has 44 valence electrons. The second-order valence-corrected chi connectivity index (χ2v) is 1.52. The summed E-state index contributed by atoms with van der Waals surface area (Å²) in [6.07, 6.45) is 0.0902. The number of hydrogen-bond acceptors (Lipinski definition) is 3. The molecule has 0 aromatic rings. The van der Waals surface area contributed by atoms with Crippen LogP contribution in [-0.2, 0) is 0 Å². The highest BCUT2D eigenvalue weighted by Gasteiger charge is 1.84. The van der Waals surface area contributed by atoms with Gasteiger partial charge in [0.05, 0.1) is 6.17 Å². The van der Waals surface area contributed by atoms with Crippen LogP contribution in [0.25, 0.3) is 0 Å². The van der Waals surface area contributed by atoms with Crippen molar-refractivity contribution >= 4 is 0 Å².